The van der Waals surface area contributed by atoms with Gasteiger partial charge in [-0.1, -0.05) is 51.8 Å². The van der Waals surface area contributed by atoms with Gasteiger partial charge in [0.25, 0.3) is 0 Å². The fraction of sp³-hybridized carbons (Fsp3) is 0.889. The molecule has 1 fully saturated rings. The first-order valence-corrected chi connectivity index (χ1v) is 9.68. The second-order valence-corrected chi connectivity index (χ2v) is 7.89. The van der Waals surface area contributed by atoms with Crippen LogP contribution in [0.5, 0.6) is 0 Å². The summed E-state index contributed by atoms with van der Waals surface area (Å²) < 4.78 is 0. The van der Waals surface area contributed by atoms with Crippen LogP contribution in [0, 0.1) is 17.8 Å². The fourth-order valence-electron chi connectivity index (χ4n) is 3.03. The van der Waals surface area contributed by atoms with Gasteiger partial charge in [0.05, 0.1) is 0 Å². The molecule has 1 saturated carbocycles. The lowest BCUT2D eigenvalue weighted by Gasteiger charge is -2.31. The summed E-state index contributed by atoms with van der Waals surface area (Å²) in [6.07, 6.45) is 8.61. The highest BCUT2D eigenvalue weighted by Crippen LogP contribution is 2.35. The molecule has 1 rings (SSSR count). The van der Waals surface area contributed by atoms with Crippen LogP contribution in [-0.4, -0.2) is 16.7 Å². The Labute approximate surface area is 134 Å². The Kier molecular flexibility index (Phi) is 9.30. The zero-order valence-corrected chi connectivity index (χ0v) is 14.8. The molecular weight excluding hydrogens is 280 g/mol. The van der Waals surface area contributed by atoms with Crippen molar-refractivity contribution in [3.05, 3.63) is 0 Å². The molecule has 0 aromatic rings. The van der Waals surface area contributed by atoms with E-state index in [9.17, 15) is 9.59 Å². The van der Waals surface area contributed by atoms with Crippen molar-refractivity contribution in [1.29, 1.82) is 0 Å². The van der Waals surface area contributed by atoms with E-state index in [1.54, 1.807) is 0 Å². The van der Waals surface area contributed by atoms with E-state index in [0.29, 0.717) is 25.2 Å². The van der Waals surface area contributed by atoms with Gasteiger partial charge in [-0.3, -0.25) is 9.59 Å². The fourth-order valence-corrected chi connectivity index (χ4v) is 4.00. The topological polar surface area (TPSA) is 34.1 Å². The molecule has 3 unspecified atom stereocenters. The van der Waals surface area contributed by atoms with Gasteiger partial charge < -0.3 is 0 Å². The number of Topliss-reactive ketones (excluding diaryl/α,β-unsaturated/α-hetero) is 1. The number of hydrogen-bond donors (Lipinski definition) is 0. The smallest absolute Gasteiger partial charge is 0.189 e. The van der Waals surface area contributed by atoms with Gasteiger partial charge in [0.1, 0.15) is 5.78 Å². The van der Waals surface area contributed by atoms with E-state index < -0.39 is 0 Å². The van der Waals surface area contributed by atoms with Crippen LogP contribution >= 0.6 is 11.8 Å². The van der Waals surface area contributed by atoms with Gasteiger partial charge in [-0.05, 0) is 37.0 Å². The first-order valence-electron chi connectivity index (χ1n) is 8.70. The Morgan fingerprint density at radius 1 is 1.00 bits per heavy atom. The zero-order chi connectivity index (χ0) is 15.7. The molecule has 1 aliphatic rings. The molecule has 1 aliphatic carbocycles. The molecule has 0 saturated heterocycles. The van der Waals surface area contributed by atoms with Gasteiger partial charge in [-0.15, -0.1) is 0 Å². The number of rotatable bonds is 9. The van der Waals surface area contributed by atoms with Gasteiger partial charge in [0, 0.05) is 25.0 Å². The molecule has 0 bridgehead atoms. The number of carbonyl (C=O) groups excluding carboxylic acids is 2. The molecule has 0 amide bonds. The van der Waals surface area contributed by atoms with Crippen molar-refractivity contribution in [2.45, 2.75) is 78.6 Å². The van der Waals surface area contributed by atoms with Crippen molar-refractivity contribution >= 4 is 22.7 Å². The molecule has 0 aromatic carbocycles. The van der Waals surface area contributed by atoms with Gasteiger partial charge in [-0.25, -0.2) is 0 Å². The predicted molar refractivity (Wildman–Crippen MR) is 91.5 cm³/mol. The molecule has 122 valence electrons. The molecule has 0 aromatic heterocycles. The lowest BCUT2D eigenvalue weighted by Crippen LogP contribution is -2.22. The summed E-state index contributed by atoms with van der Waals surface area (Å²) in [7, 11) is 0. The predicted octanol–water partition coefficient (Wildman–Crippen LogP) is 5.25. The zero-order valence-electron chi connectivity index (χ0n) is 14.0. The Morgan fingerprint density at radius 3 is 2.43 bits per heavy atom. The summed E-state index contributed by atoms with van der Waals surface area (Å²) in [6.45, 7) is 6.80. The Balaban J connectivity index is 2.10. The lowest BCUT2D eigenvalue weighted by molar-refractivity contribution is -0.121. The second-order valence-electron chi connectivity index (χ2n) is 6.81. The number of ketones is 1. The largest absolute Gasteiger partial charge is 0.300 e. The van der Waals surface area contributed by atoms with Gasteiger partial charge >= 0.3 is 0 Å². The van der Waals surface area contributed by atoms with Crippen LogP contribution in [0.3, 0.4) is 0 Å². The first-order chi connectivity index (χ1) is 10.0. The third-order valence-corrected chi connectivity index (χ3v) is 6.02. The number of hydrogen-bond acceptors (Lipinski definition) is 3. The molecule has 0 spiro atoms. The monoisotopic (exact) mass is 312 g/mol. The SMILES string of the molecule is CCCCCC(=O)CCC(=O)SCC1CCC(C)C(C)C1. The lowest BCUT2D eigenvalue weighted by atomic mass is 9.77. The van der Waals surface area contributed by atoms with Crippen LogP contribution in [0.15, 0.2) is 0 Å². The molecule has 0 N–H and O–H groups in total. The minimum absolute atomic E-state index is 0.213. The highest BCUT2D eigenvalue weighted by Gasteiger charge is 2.25. The number of thioether (sulfide) groups is 1. The molecule has 3 heteroatoms. The van der Waals surface area contributed by atoms with Crippen molar-refractivity contribution < 1.29 is 9.59 Å². The molecule has 0 radical (unpaired) electrons. The standard InChI is InChI=1S/C18H32O2S/c1-4-5-6-7-17(19)10-11-18(20)21-13-16-9-8-14(2)15(3)12-16/h14-16H,4-13H2,1-3H3. The molecular formula is C18H32O2S. The molecule has 21 heavy (non-hydrogen) atoms. The highest BCUT2D eigenvalue weighted by atomic mass is 32.2. The quantitative estimate of drug-likeness (QED) is 0.545. The van der Waals surface area contributed by atoms with E-state index in [1.165, 1.54) is 31.0 Å². The van der Waals surface area contributed by atoms with E-state index in [4.69, 9.17) is 0 Å². The third kappa shape index (κ3) is 8.04. The van der Waals surface area contributed by atoms with Crippen LogP contribution in [0.4, 0.5) is 0 Å². The summed E-state index contributed by atoms with van der Waals surface area (Å²) in [4.78, 5) is 23.5. The van der Waals surface area contributed by atoms with Gasteiger partial charge in [-0.2, -0.15) is 0 Å². The van der Waals surface area contributed by atoms with Crippen molar-refractivity contribution in [1.82, 2.24) is 0 Å². The molecule has 0 aliphatic heterocycles. The Morgan fingerprint density at radius 2 is 1.76 bits per heavy atom. The summed E-state index contributed by atoms with van der Waals surface area (Å²) in [5.41, 5.74) is 0. The van der Waals surface area contributed by atoms with Crippen molar-refractivity contribution in [2.24, 2.45) is 17.8 Å². The van der Waals surface area contributed by atoms with Crippen LogP contribution in [0.1, 0.15) is 78.6 Å². The Bertz CT molecular complexity index is 327. The third-order valence-electron chi connectivity index (χ3n) is 4.85. The average molecular weight is 313 g/mol. The van der Waals surface area contributed by atoms with Crippen LogP contribution in [0.2, 0.25) is 0 Å². The molecule has 3 atom stereocenters. The van der Waals surface area contributed by atoms with Gasteiger partial charge in [0.2, 0.25) is 0 Å². The van der Waals surface area contributed by atoms with E-state index in [2.05, 4.69) is 20.8 Å². The second kappa shape index (κ2) is 10.4. The van der Waals surface area contributed by atoms with Crippen LogP contribution < -0.4 is 0 Å². The van der Waals surface area contributed by atoms with Crippen LogP contribution in [-0.2, 0) is 9.59 Å². The summed E-state index contributed by atoms with van der Waals surface area (Å²) >= 11 is 1.47. The average Bonchev–Trinajstić information content (AvgIpc) is 2.46. The number of carbonyl (C=O) groups is 2. The first kappa shape index (κ1) is 18.7. The van der Waals surface area contributed by atoms with E-state index in [0.717, 1.165) is 36.9 Å². The molecule has 0 heterocycles. The minimum Gasteiger partial charge on any atom is -0.300 e. The molecule has 2 nitrogen and oxygen atoms in total. The number of unbranched alkanes of at least 4 members (excludes halogenated alkanes) is 2. The normalized spacial score (nSPS) is 25.8. The van der Waals surface area contributed by atoms with Crippen molar-refractivity contribution in [2.75, 3.05) is 5.75 Å². The van der Waals surface area contributed by atoms with Gasteiger partial charge in [0.15, 0.2) is 5.12 Å². The van der Waals surface area contributed by atoms with E-state index >= 15 is 0 Å². The summed E-state index contributed by atoms with van der Waals surface area (Å²) in [5, 5.41) is 0.213. The maximum atomic E-state index is 11.9. The minimum atomic E-state index is 0.213. The van der Waals surface area contributed by atoms with Crippen LogP contribution in [0.25, 0.3) is 0 Å². The summed E-state index contributed by atoms with van der Waals surface area (Å²) in [6, 6.07) is 0. The van der Waals surface area contributed by atoms with E-state index in [-0.39, 0.29) is 10.9 Å². The maximum Gasteiger partial charge on any atom is 0.189 e. The van der Waals surface area contributed by atoms with Crippen molar-refractivity contribution in [3.8, 4) is 0 Å². The Hall–Kier alpha value is -0.310. The summed E-state index contributed by atoms with van der Waals surface area (Å²) in [5.74, 6) is 3.55. The highest BCUT2D eigenvalue weighted by molar-refractivity contribution is 8.13. The maximum absolute atomic E-state index is 11.9. The van der Waals surface area contributed by atoms with E-state index in [1.807, 2.05) is 0 Å². The van der Waals surface area contributed by atoms with Crippen molar-refractivity contribution in [3.63, 3.8) is 0 Å².